The van der Waals surface area contributed by atoms with E-state index in [4.69, 9.17) is 4.98 Å². The van der Waals surface area contributed by atoms with Gasteiger partial charge in [0.25, 0.3) is 0 Å². The Morgan fingerprint density at radius 1 is 1.19 bits per heavy atom. The minimum absolute atomic E-state index is 0.809. The summed E-state index contributed by atoms with van der Waals surface area (Å²) in [6, 6.07) is 8.51. The van der Waals surface area contributed by atoms with E-state index >= 15 is 0 Å². The molecule has 2 nitrogen and oxygen atoms in total. The minimum Gasteiger partial charge on any atom is -0.297 e. The summed E-state index contributed by atoms with van der Waals surface area (Å²) >= 11 is 1.77. The van der Waals surface area contributed by atoms with Gasteiger partial charge >= 0.3 is 0 Å². The lowest BCUT2D eigenvalue weighted by atomic mass is 9.92. The van der Waals surface area contributed by atoms with Crippen LogP contribution in [0, 0.1) is 18.8 Å². The first-order chi connectivity index (χ1) is 10.1. The molecule has 1 aromatic carbocycles. The molecular formula is C18H24N2S. The van der Waals surface area contributed by atoms with Gasteiger partial charge in [-0.15, -0.1) is 11.3 Å². The fraction of sp³-hybridized carbons (Fsp3) is 0.500. The Kier molecular flexibility index (Phi) is 4.41. The van der Waals surface area contributed by atoms with Crippen molar-refractivity contribution >= 4 is 11.3 Å². The summed E-state index contributed by atoms with van der Waals surface area (Å²) in [4.78, 5) is 7.43. The molecule has 0 aliphatic carbocycles. The zero-order valence-corrected chi connectivity index (χ0v) is 14.0. The molecule has 1 aromatic heterocycles. The normalized spacial score (nSPS) is 23.4. The van der Waals surface area contributed by atoms with Crippen molar-refractivity contribution in [2.24, 2.45) is 11.8 Å². The van der Waals surface area contributed by atoms with Crippen LogP contribution in [0.2, 0.25) is 0 Å². The summed E-state index contributed by atoms with van der Waals surface area (Å²) < 4.78 is 0. The Balaban J connectivity index is 1.72. The number of likely N-dealkylation sites (tertiary alicyclic amines) is 1. The van der Waals surface area contributed by atoms with Crippen LogP contribution in [-0.2, 0) is 6.54 Å². The Morgan fingerprint density at radius 2 is 1.90 bits per heavy atom. The third-order valence-corrected chi connectivity index (χ3v) is 5.18. The second-order valence-corrected chi connectivity index (χ2v) is 7.46. The predicted molar refractivity (Wildman–Crippen MR) is 90.5 cm³/mol. The third kappa shape index (κ3) is 3.53. The molecule has 1 aliphatic rings. The number of aromatic nitrogens is 1. The van der Waals surface area contributed by atoms with Crippen molar-refractivity contribution in [1.82, 2.24) is 9.88 Å². The molecule has 112 valence electrons. The highest BCUT2D eigenvalue weighted by atomic mass is 32.1. The van der Waals surface area contributed by atoms with Crippen molar-refractivity contribution < 1.29 is 0 Å². The third-order valence-electron chi connectivity index (χ3n) is 4.26. The number of aryl methyl sites for hydroxylation is 1. The van der Waals surface area contributed by atoms with Crippen LogP contribution in [0.5, 0.6) is 0 Å². The van der Waals surface area contributed by atoms with E-state index in [1.54, 1.807) is 11.3 Å². The smallest absolute Gasteiger partial charge is 0.123 e. The number of piperidine rings is 1. The van der Waals surface area contributed by atoms with Crippen molar-refractivity contribution in [1.29, 1.82) is 0 Å². The molecule has 1 fully saturated rings. The van der Waals surface area contributed by atoms with Gasteiger partial charge < -0.3 is 0 Å². The molecule has 1 aliphatic heterocycles. The number of nitrogens with zero attached hydrogens (tertiary/aromatic N) is 2. The second-order valence-electron chi connectivity index (χ2n) is 6.60. The number of hydrogen-bond acceptors (Lipinski definition) is 3. The summed E-state index contributed by atoms with van der Waals surface area (Å²) in [6.45, 7) is 10.3. The van der Waals surface area contributed by atoms with Gasteiger partial charge in [0.05, 0.1) is 5.69 Å². The first-order valence-electron chi connectivity index (χ1n) is 7.84. The van der Waals surface area contributed by atoms with E-state index in [9.17, 15) is 0 Å². The van der Waals surface area contributed by atoms with Gasteiger partial charge in [-0.1, -0.05) is 38.1 Å². The average molecular weight is 300 g/mol. The van der Waals surface area contributed by atoms with Crippen LogP contribution < -0.4 is 0 Å². The number of rotatable bonds is 3. The van der Waals surface area contributed by atoms with Gasteiger partial charge in [-0.2, -0.15) is 0 Å². The second kappa shape index (κ2) is 6.29. The van der Waals surface area contributed by atoms with Crippen LogP contribution in [0.1, 0.15) is 31.5 Å². The van der Waals surface area contributed by atoms with Gasteiger partial charge in [-0.05, 0) is 30.7 Å². The van der Waals surface area contributed by atoms with Gasteiger partial charge in [0.15, 0.2) is 0 Å². The van der Waals surface area contributed by atoms with E-state index in [0.717, 1.165) is 23.4 Å². The predicted octanol–water partition coefficient (Wildman–Crippen LogP) is 4.60. The number of thiazole rings is 1. The highest BCUT2D eigenvalue weighted by molar-refractivity contribution is 7.13. The molecule has 0 N–H and O–H groups in total. The van der Waals surface area contributed by atoms with Gasteiger partial charge in [0, 0.05) is 30.6 Å². The zero-order chi connectivity index (χ0) is 14.8. The van der Waals surface area contributed by atoms with Gasteiger partial charge in [-0.3, -0.25) is 4.90 Å². The first kappa shape index (κ1) is 14.7. The summed E-state index contributed by atoms with van der Waals surface area (Å²) in [5, 5.41) is 3.38. The summed E-state index contributed by atoms with van der Waals surface area (Å²) in [5.41, 5.74) is 3.80. The molecule has 3 heteroatoms. The summed E-state index contributed by atoms with van der Waals surface area (Å²) in [5.74, 6) is 1.62. The number of benzene rings is 1. The molecule has 2 heterocycles. The molecule has 0 saturated carbocycles. The molecule has 1 saturated heterocycles. The van der Waals surface area contributed by atoms with Gasteiger partial charge in [0.1, 0.15) is 5.01 Å². The van der Waals surface area contributed by atoms with E-state index in [1.165, 1.54) is 36.3 Å². The van der Waals surface area contributed by atoms with Crippen LogP contribution >= 0.6 is 11.3 Å². The molecule has 0 spiro atoms. The van der Waals surface area contributed by atoms with Crippen molar-refractivity contribution in [2.75, 3.05) is 13.1 Å². The van der Waals surface area contributed by atoms with Crippen LogP contribution in [0.3, 0.4) is 0 Å². The average Bonchev–Trinajstić information content (AvgIpc) is 2.86. The maximum Gasteiger partial charge on any atom is 0.123 e. The Hall–Kier alpha value is -1.19. The molecule has 0 radical (unpaired) electrons. The monoisotopic (exact) mass is 300 g/mol. The quantitative estimate of drug-likeness (QED) is 0.823. The highest BCUT2D eigenvalue weighted by Crippen LogP contribution is 2.28. The largest absolute Gasteiger partial charge is 0.297 e. The molecule has 2 atom stereocenters. The zero-order valence-electron chi connectivity index (χ0n) is 13.2. The van der Waals surface area contributed by atoms with Crippen molar-refractivity contribution in [3.8, 4) is 10.6 Å². The van der Waals surface area contributed by atoms with Gasteiger partial charge in [-0.25, -0.2) is 4.98 Å². The topological polar surface area (TPSA) is 16.1 Å². The standard InChI is InChI=1S/C18H24N2S/c1-13-8-14(2)10-20(9-13)11-16-12-21-18(19-16)17-7-5-4-6-15(17)3/h4-7,12-14H,8-11H2,1-3H3. The van der Waals surface area contributed by atoms with E-state index in [-0.39, 0.29) is 0 Å². The Labute approximate surface area is 131 Å². The fourth-order valence-corrected chi connectivity index (χ4v) is 4.37. The minimum atomic E-state index is 0.809. The van der Waals surface area contributed by atoms with Crippen molar-refractivity contribution in [3.63, 3.8) is 0 Å². The lowest BCUT2D eigenvalue weighted by Gasteiger charge is -2.34. The molecule has 3 rings (SSSR count). The summed E-state index contributed by atoms with van der Waals surface area (Å²) in [6.07, 6.45) is 1.36. The van der Waals surface area contributed by atoms with E-state index in [1.807, 2.05) is 0 Å². The summed E-state index contributed by atoms with van der Waals surface area (Å²) in [7, 11) is 0. The van der Waals surface area contributed by atoms with Crippen LogP contribution in [0.15, 0.2) is 29.6 Å². The van der Waals surface area contributed by atoms with Crippen molar-refractivity contribution in [2.45, 2.75) is 33.7 Å². The lowest BCUT2D eigenvalue weighted by molar-refractivity contribution is 0.133. The van der Waals surface area contributed by atoms with Crippen molar-refractivity contribution in [3.05, 3.63) is 40.9 Å². The van der Waals surface area contributed by atoms with Crippen LogP contribution in [0.25, 0.3) is 10.6 Å². The Morgan fingerprint density at radius 3 is 2.62 bits per heavy atom. The lowest BCUT2D eigenvalue weighted by Crippen LogP contribution is -2.38. The molecule has 0 amide bonds. The highest BCUT2D eigenvalue weighted by Gasteiger charge is 2.22. The first-order valence-corrected chi connectivity index (χ1v) is 8.72. The molecule has 0 bridgehead atoms. The molecule has 21 heavy (non-hydrogen) atoms. The Bertz CT molecular complexity index is 595. The maximum absolute atomic E-state index is 4.86. The van der Waals surface area contributed by atoms with E-state index in [2.05, 4.69) is 55.3 Å². The van der Waals surface area contributed by atoms with Crippen LogP contribution in [0.4, 0.5) is 0 Å². The maximum atomic E-state index is 4.86. The van der Waals surface area contributed by atoms with Crippen LogP contribution in [-0.4, -0.2) is 23.0 Å². The fourth-order valence-electron chi connectivity index (χ4n) is 3.47. The molecular weight excluding hydrogens is 276 g/mol. The molecule has 2 unspecified atom stereocenters. The SMILES string of the molecule is Cc1ccccc1-c1nc(CN2CC(C)CC(C)C2)cs1. The van der Waals surface area contributed by atoms with Gasteiger partial charge in [0.2, 0.25) is 0 Å². The van der Waals surface area contributed by atoms with E-state index in [0.29, 0.717) is 0 Å². The van der Waals surface area contributed by atoms with E-state index < -0.39 is 0 Å². The number of hydrogen-bond donors (Lipinski definition) is 0. The molecule has 2 aromatic rings.